The molecule has 0 radical (unpaired) electrons. The molecule has 1 atom stereocenters. The zero-order valence-electron chi connectivity index (χ0n) is 14.7. The molecule has 1 aliphatic heterocycles. The molecule has 0 aromatic heterocycles. The van der Waals surface area contributed by atoms with Crippen LogP contribution in [0.4, 0.5) is 0 Å². The van der Waals surface area contributed by atoms with Gasteiger partial charge in [0.05, 0.1) is 6.21 Å². The summed E-state index contributed by atoms with van der Waals surface area (Å²) in [7, 11) is 0. The Hall–Kier alpha value is -3.54. The maximum Gasteiger partial charge on any atom is 0.284 e. The van der Waals surface area contributed by atoms with Crippen molar-refractivity contribution in [2.75, 3.05) is 6.61 Å². The number of hydrogen-bond donors (Lipinski definition) is 2. The van der Waals surface area contributed by atoms with Gasteiger partial charge in [0.25, 0.3) is 5.91 Å². The second-order valence-corrected chi connectivity index (χ2v) is 6.31. The first-order valence-corrected chi connectivity index (χ1v) is 8.55. The predicted octanol–water partition coefficient (Wildman–Crippen LogP) is 3.14. The number of phenols is 1. The van der Waals surface area contributed by atoms with E-state index in [0.717, 1.165) is 16.3 Å². The van der Waals surface area contributed by atoms with Crippen LogP contribution in [0.25, 0.3) is 10.8 Å². The third-order valence-corrected chi connectivity index (χ3v) is 4.41. The SMILES string of the molecule is Cc1cccc(/C=N/NC(=O)[C@@H]2COc3cc4ccccc4cc3O2)c1O. The van der Waals surface area contributed by atoms with Crippen LogP contribution in [0.2, 0.25) is 0 Å². The molecule has 0 unspecified atom stereocenters. The monoisotopic (exact) mass is 362 g/mol. The minimum absolute atomic E-state index is 0.0996. The molecule has 2 N–H and O–H groups in total. The van der Waals surface area contributed by atoms with Crippen LogP contribution in [-0.2, 0) is 4.79 Å². The number of fused-ring (bicyclic) bond motifs is 2. The molecule has 3 aromatic rings. The van der Waals surface area contributed by atoms with Gasteiger partial charge in [-0.3, -0.25) is 4.79 Å². The molecule has 27 heavy (non-hydrogen) atoms. The van der Waals surface area contributed by atoms with Crippen molar-refractivity contribution in [2.45, 2.75) is 13.0 Å². The molecule has 0 saturated heterocycles. The highest BCUT2D eigenvalue weighted by atomic mass is 16.6. The number of amides is 1. The van der Waals surface area contributed by atoms with Crippen molar-refractivity contribution < 1.29 is 19.4 Å². The first-order valence-electron chi connectivity index (χ1n) is 8.55. The van der Waals surface area contributed by atoms with Crippen LogP contribution in [0, 0.1) is 6.92 Å². The van der Waals surface area contributed by atoms with E-state index in [1.54, 1.807) is 25.1 Å². The zero-order chi connectivity index (χ0) is 18.8. The van der Waals surface area contributed by atoms with Gasteiger partial charge in [0.1, 0.15) is 12.4 Å². The lowest BCUT2D eigenvalue weighted by Crippen LogP contribution is -2.42. The van der Waals surface area contributed by atoms with Crippen LogP contribution < -0.4 is 14.9 Å². The average molecular weight is 362 g/mol. The summed E-state index contributed by atoms with van der Waals surface area (Å²) in [6.07, 6.45) is 0.590. The molecule has 3 aromatic carbocycles. The highest BCUT2D eigenvalue weighted by molar-refractivity contribution is 5.88. The van der Waals surface area contributed by atoms with E-state index >= 15 is 0 Å². The number of nitrogens with zero attached hydrogens (tertiary/aromatic N) is 1. The standard InChI is InChI=1S/C21H18N2O4/c1-13-5-4-8-16(20(13)24)11-22-23-21(25)19-12-26-17-9-14-6-2-3-7-15(14)10-18(17)27-19/h2-11,19,24H,12H2,1H3,(H,23,25)/b22-11+/t19-/m0/s1. The van der Waals surface area contributed by atoms with Crippen LogP contribution in [0.1, 0.15) is 11.1 Å². The summed E-state index contributed by atoms with van der Waals surface area (Å²) in [5.41, 5.74) is 3.69. The number of ether oxygens (including phenoxy) is 2. The Morgan fingerprint density at radius 2 is 1.89 bits per heavy atom. The molecule has 1 amide bonds. The Kier molecular flexibility index (Phi) is 4.38. The van der Waals surface area contributed by atoms with Gasteiger partial charge in [0, 0.05) is 5.56 Å². The average Bonchev–Trinajstić information content (AvgIpc) is 2.69. The summed E-state index contributed by atoms with van der Waals surface area (Å²) in [6.45, 7) is 1.89. The van der Waals surface area contributed by atoms with Crippen molar-refractivity contribution in [3.05, 3.63) is 65.7 Å². The quantitative estimate of drug-likeness (QED) is 0.554. The Morgan fingerprint density at radius 3 is 2.67 bits per heavy atom. The maximum atomic E-state index is 12.3. The van der Waals surface area contributed by atoms with Crippen LogP contribution in [-0.4, -0.2) is 29.9 Å². The number of phenolic OH excluding ortho intramolecular Hbond substituents is 1. The number of carbonyl (C=O) groups is 1. The molecule has 1 aliphatic rings. The van der Waals surface area contributed by atoms with Crippen molar-refractivity contribution in [3.8, 4) is 17.2 Å². The van der Waals surface area contributed by atoms with Gasteiger partial charge >= 0.3 is 0 Å². The third-order valence-electron chi connectivity index (χ3n) is 4.41. The van der Waals surface area contributed by atoms with Crippen molar-refractivity contribution in [3.63, 3.8) is 0 Å². The van der Waals surface area contributed by atoms with Crippen LogP contribution >= 0.6 is 0 Å². The molecule has 1 heterocycles. The molecule has 136 valence electrons. The van der Waals surface area contributed by atoms with Gasteiger partial charge < -0.3 is 14.6 Å². The Labute approximate surface area is 156 Å². The topological polar surface area (TPSA) is 80.2 Å². The third kappa shape index (κ3) is 3.42. The number of hydrazone groups is 1. The maximum absolute atomic E-state index is 12.3. The number of carbonyl (C=O) groups excluding carboxylic acids is 1. The fourth-order valence-electron chi connectivity index (χ4n) is 2.91. The minimum Gasteiger partial charge on any atom is -0.507 e. The van der Waals surface area contributed by atoms with E-state index in [1.807, 2.05) is 36.4 Å². The summed E-state index contributed by atoms with van der Waals surface area (Å²) in [6, 6.07) is 16.9. The number of aryl methyl sites for hydroxylation is 1. The van der Waals surface area contributed by atoms with Crippen LogP contribution in [0.15, 0.2) is 59.7 Å². The van der Waals surface area contributed by atoms with E-state index in [4.69, 9.17) is 9.47 Å². The van der Waals surface area contributed by atoms with Gasteiger partial charge in [-0.1, -0.05) is 36.4 Å². The van der Waals surface area contributed by atoms with E-state index in [9.17, 15) is 9.90 Å². The van der Waals surface area contributed by atoms with Gasteiger partial charge in [0.15, 0.2) is 11.5 Å². The fourth-order valence-corrected chi connectivity index (χ4v) is 2.91. The Morgan fingerprint density at radius 1 is 1.15 bits per heavy atom. The van der Waals surface area contributed by atoms with E-state index in [1.165, 1.54) is 6.21 Å². The van der Waals surface area contributed by atoms with Crippen molar-refractivity contribution in [2.24, 2.45) is 5.10 Å². The second-order valence-electron chi connectivity index (χ2n) is 6.31. The van der Waals surface area contributed by atoms with E-state index < -0.39 is 12.0 Å². The minimum atomic E-state index is -0.804. The number of nitrogens with one attached hydrogen (secondary N) is 1. The van der Waals surface area contributed by atoms with Gasteiger partial charge in [0.2, 0.25) is 6.10 Å². The Bertz CT molecular complexity index is 1050. The summed E-state index contributed by atoms with van der Waals surface area (Å²) in [5, 5.41) is 15.9. The van der Waals surface area contributed by atoms with E-state index in [2.05, 4.69) is 10.5 Å². The van der Waals surface area contributed by atoms with Crippen molar-refractivity contribution in [1.82, 2.24) is 5.43 Å². The summed E-state index contributed by atoms with van der Waals surface area (Å²) in [4.78, 5) is 12.3. The predicted molar refractivity (Wildman–Crippen MR) is 102 cm³/mol. The lowest BCUT2D eigenvalue weighted by molar-refractivity contribution is -0.130. The molecule has 6 nitrogen and oxygen atoms in total. The molecule has 4 rings (SSSR count). The number of hydrogen-bond acceptors (Lipinski definition) is 5. The van der Waals surface area contributed by atoms with Gasteiger partial charge in [-0.05, 0) is 41.5 Å². The van der Waals surface area contributed by atoms with Crippen LogP contribution in [0.5, 0.6) is 17.2 Å². The summed E-state index contributed by atoms with van der Waals surface area (Å²) in [5.74, 6) is 0.858. The zero-order valence-corrected chi connectivity index (χ0v) is 14.7. The molecule has 0 fully saturated rings. The van der Waals surface area contributed by atoms with Crippen LogP contribution in [0.3, 0.4) is 0 Å². The summed E-state index contributed by atoms with van der Waals surface area (Å²) < 4.78 is 11.5. The fraction of sp³-hybridized carbons (Fsp3) is 0.143. The van der Waals surface area contributed by atoms with E-state index in [0.29, 0.717) is 17.1 Å². The molecule has 6 heteroatoms. The van der Waals surface area contributed by atoms with Gasteiger partial charge in [-0.2, -0.15) is 5.10 Å². The largest absolute Gasteiger partial charge is 0.507 e. The molecule has 0 saturated carbocycles. The highest BCUT2D eigenvalue weighted by Crippen LogP contribution is 2.35. The van der Waals surface area contributed by atoms with E-state index in [-0.39, 0.29) is 12.4 Å². The number of aromatic hydroxyl groups is 1. The molecule has 0 spiro atoms. The highest BCUT2D eigenvalue weighted by Gasteiger charge is 2.27. The molecular formula is C21H18N2O4. The summed E-state index contributed by atoms with van der Waals surface area (Å²) >= 11 is 0. The van der Waals surface area contributed by atoms with Gasteiger partial charge in [-0.15, -0.1) is 0 Å². The normalized spacial score (nSPS) is 15.8. The smallest absolute Gasteiger partial charge is 0.284 e. The second kappa shape index (κ2) is 6.99. The lowest BCUT2D eigenvalue weighted by Gasteiger charge is -2.25. The molecule has 0 aliphatic carbocycles. The lowest BCUT2D eigenvalue weighted by atomic mass is 10.1. The molecular weight excluding hydrogens is 344 g/mol. The first kappa shape index (κ1) is 16.9. The van der Waals surface area contributed by atoms with Crippen molar-refractivity contribution >= 4 is 22.9 Å². The molecule has 0 bridgehead atoms. The number of para-hydroxylation sites is 1. The Balaban J connectivity index is 1.45. The van der Waals surface area contributed by atoms with Crippen molar-refractivity contribution in [1.29, 1.82) is 0 Å². The van der Waals surface area contributed by atoms with Gasteiger partial charge in [-0.25, -0.2) is 5.43 Å². The number of rotatable bonds is 3. The first-order chi connectivity index (χ1) is 13.1. The number of benzene rings is 3.